The Labute approximate surface area is 112 Å². The zero-order valence-electron chi connectivity index (χ0n) is 10.7. The second kappa shape index (κ2) is 4.58. The Morgan fingerprint density at radius 3 is 2.44 bits per heavy atom. The molecule has 2 aromatic rings. The summed E-state index contributed by atoms with van der Waals surface area (Å²) in [6.07, 6.45) is 0. The van der Waals surface area contributed by atoms with Crippen LogP contribution in [0.2, 0.25) is 5.02 Å². The van der Waals surface area contributed by atoms with Gasteiger partial charge in [0.05, 0.1) is 11.4 Å². The van der Waals surface area contributed by atoms with E-state index in [1.54, 1.807) is 0 Å². The standard InChI is InChI=1S/C14H16ClN3/c1-14(2,3)12-8-11(17-13(16)18-12)9-5-4-6-10(15)7-9/h4-8H,1-3H3,(H2,16,17,18). The number of anilines is 1. The highest BCUT2D eigenvalue weighted by Crippen LogP contribution is 2.26. The number of nitrogens with zero attached hydrogens (tertiary/aromatic N) is 2. The van der Waals surface area contributed by atoms with Crippen molar-refractivity contribution in [3.05, 3.63) is 41.0 Å². The topological polar surface area (TPSA) is 51.8 Å². The minimum atomic E-state index is -0.0651. The summed E-state index contributed by atoms with van der Waals surface area (Å²) in [5.74, 6) is 0.289. The summed E-state index contributed by atoms with van der Waals surface area (Å²) in [6.45, 7) is 6.28. The Morgan fingerprint density at radius 2 is 1.83 bits per heavy atom. The fourth-order valence-corrected chi connectivity index (χ4v) is 1.84. The monoisotopic (exact) mass is 261 g/mol. The first-order valence-corrected chi connectivity index (χ1v) is 6.15. The van der Waals surface area contributed by atoms with Crippen molar-refractivity contribution in [2.75, 3.05) is 5.73 Å². The maximum Gasteiger partial charge on any atom is 0.220 e. The van der Waals surface area contributed by atoms with E-state index >= 15 is 0 Å². The molecular formula is C14H16ClN3. The lowest BCUT2D eigenvalue weighted by Gasteiger charge is -2.18. The molecule has 0 amide bonds. The van der Waals surface area contributed by atoms with Crippen molar-refractivity contribution in [3.8, 4) is 11.3 Å². The van der Waals surface area contributed by atoms with E-state index in [9.17, 15) is 0 Å². The molecule has 0 fully saturated rings. The lowest BCUT2D eigenvalue weighted by molar-refractivity contribution is 0.568. The van der Waals surface area contributed by atoms with Crippen molar-refractivity contribution >= 4 is 17.5 Å². The molecule has 0 aliphatic heterocycles. The fourth-order valence-electron chi connectivity index (χ4n) is 1.65. The molecule has 0 radical (unpaired) electrons. The van der Waals surface area contributed by atoms with Crippen LogP contribution in [0, 0.1) is 0 Å². The lowest BCUT2D eigenvalue weighted by atomic mass is 9.91. The normalized spacial score (nSPS) is 11.6. The van der Waals surface area contributed by atoms with Crippen molar-refractivity contribution in [1.29, 1.82) is 0 Å². The van der Waals surface area contributed by atoms with Crippen molar-refractivity contribution in [2.45, 2.75) is 26.2 Å². The van der Waals surface area contributed by atoms with E-state index in [1.165, 1.54) is 0 Å². The number of hydrogen-bond acceptors (Lipinski definition) is 3. The van der Waals surface area contributed by atoms with Crippen LogP contribution < -0.4 is 5.73 Å². The average Bonchev–Trinajstić information content (AvgIpc) is 2.27. The Hall–Kier alpha value is -1.61. The van der Waals surface area contributed by atoms with E-state index in [4.69, 9.17) is 17.3 Å². The molecule has 0 spiro atoms. The van der Waals surface area contributed by atoms with Crippen LogP contribution in [0.15, 0.2) is 30.3 Å². The van der Waals surface area contributed by atoms with Crippen LogP contribution in [0.25, 0.3) is 11.3 Å². The molecule has 2 rings (SSSR count). The van der Waals surface area contributed by atoms with Gasteiger partial charge < -0.3 is 5.73 Å². The molecule has 94 valence electrons. The molecule has 0 atom stereocenters. The molecule has 0 aliphatic rings. The van der Waals surface area contributed by atoms with Gasteiger partial charge in [0.15, 0.2) is 0 Å². The zero-order valence-corrected chi connectivity index (χ0v) is 11.5. The number of hydrogen-bond donors (Lipinski definition) is 1. The van der Waals surface area contributed by atoms with Gasteiger partial charge in [-0.25, -0.2) is 9.97 Å². The zero-order chi connectivity index (χ0) is 13.3. The van der Waals surface area contributed by atoms with Gasteiger partial charge in [0.2, 0.25) is 5.95 Å². The van der Waals surface area contributed by atoms with E-state index in [2.05, 4.69) is 30.7 Å². The first-order chi connectivity index (χ1) is 8.36. The molecule has 18 heavy (non-hydrogen) atoms. The average molecular weight is 262 g/mol. The van der Waals surface area contributed by atoms with Crippen LogP contribution >= 0.6 is 11.6 Å². The van der Waals surface area contributed by atoms with Gasteiger partial charge in [-0.2, -0.15) is 0 Å². The highest BCUT2D eigenvalue weighted by molar-refractivity contribution is 6.30. The fraction of sp³-hybridized carbons (Fsp3) is 0.286. The van der Waals surface area contributed by atoms with Crippen molar-refractivity contribution in [3.63, 3.8) is 0 Å². The van der Waals surface area contributed by atoms with Gasteiger partial charge in [-0.3, -0.25) is 0 Å². The minimum Gasteiger partial charge on any atom is -0.368 e. The third-order valence-corrected chi connectivity index (χ3v) is 2.87. The smallest absolute Gasteiger partial charge is 0.220 e. The molecule has 3 nitrogen and oxygen atoms in total. The Morgan fingerprint density at radius 1 is 1.11 bits per heavy atom. The molecule has 1 heterocycles. The summed E-state index contributed by atoms with van der Waals surface area (Å²) >= 11 is 5.99. The first kappa shape index (κ1) is 12.8. The molecule has 0 bridgehead atoms. The van der Waals surface area contributed by atoms with Gasteiger partial charge >= 0.3 is 0 Å². The molecule has 1 aromatic carbocycles. The molecule has 0 saturated carbocycles. The molecule has 4 heteroatoms. The number of nitrogens with two attached hydrogens (primary N) is 1. The van der Waals surface area contributed by atoms with E-state index in [0.717, 1.165) is 17.0 Å². The van der Waals surface area contributed by atoms with E-state index in [0.29, 0.717) is 5.02 Å². The van der Waals surface area contributed by atoms with Crippen LogP contribution in [-0.4, -0.2) is 9.97 Å². The van der Waals surface area contributed by atoms with Crippen LogP contribution in [0.3, 0.4) is 0 Å². The van der Waals surface area contributed by atoms with Gasteiger partial charge in [-0.15, -0.1) is 0 Å². The van der Waals surface area contributed by atoms with Crippen molar-refractivity contribution < 1.29 is 0 Å². The molecule has 0 saturated heterocycles. The summed E-state index contributed by atoms with van der Waals surface area (Å²) in [4.78, 5) is 8.55. The number of benzene rings is 1. The third kappa shape index (κ3) is 2.79. The van der Waals surface area contributed by atoms with Crippen LogP contribution in [0.5, 0.6) is 0 Å². The maximum absolute atomic E-state index is 5.99. The number of rotatable bonds is 1. The predicted molar refractivity (Wildman–Crippen MR) is 75.6 cm³/mol. The van der Waals surface area contributed by atoms with E-state index in [-0.39, 0.29) is 11.4 Å². The highest BCUT2D eigenvalue weighted by Gasteiger charge is 2.17. The summed E-state index contributed by atoms with van der Waals surface area (Å²) in [5.41, 5.74) is 8.38. The summed E-state index contributed by atoms with van der Waals surface area (Å²) < 4.78 is 0. The molecule has 0 unspecified atom stereocenters. The molecule has 2 N–H and O–H groups in total. The predicted octanol–water partition coefficient (Wildman–Crippen LogP) is 3.68. The number of nitrogen functional groups attached to an aromatic ring is 1. The first-order valence-electron chi connectivity index (χ1n) is 5.77. The summed E-state index contributed by atoms with van der Waals surface area (Å²) in [6, 6.07) is 9.52. The van der Waals surface area contributed by atoms with Crippen LogP contribution in [-0.2, 0) is 5.41 Å². The maximum atomic E-state index is 5.99. The second-order valence-corrected chi connectivity index (χ2v) is 5.69. The second-order valence-electron chi connectivity index (χ2n) is 5.26. The molecular weight excluding hydrogens is 246 g/mol. The quantitative estimate of drug-likeness (QED) is 0.852. The van der Waals surface area contributed by atoms with Crippen molar-refractivity contribution in [2.24, 2.45) is 0 Å². The van der Waals surface area contributed by atoms with Gasteiger partial charge in [0.1, 0.15) is 0 Å². The van der Waals surface area contributed by atoms with Gasteiger partial charge in [0.25, 0.3) is 0 Å². The summed E-state index contributed by atoms with van der Waals surface area (Å²) in [7, 11) is 0. The largest absolute Gasteiger partial charge is 0.368 e. The van der Waals surface area contributed by atoms with Crippen LogP contribution in [0.1, 0.15) is 26.5 Å². The SMILES string of the molecule is CC(C)(C)c1cc(-c2cccc(Cl)c2)nc(N)n1. The van der Waals surface area contributed by atoms with Gasteiger partial charge in [-0.1, -0.05) is 44.5 Å². The van der Waals surface area contributed by atoms with E-state index in [1.807, 2.05) is 30.3 Å². The van der Waals surface area contributed by atoms with Gasteiger partial charge in [-0.05, 0) is 18.2 Å². The highest BCUT2D eigenvalue weighted by atomic mass is 35.5. The van der Waals surface area contributed by atoms with Gasteiger partial charge in [0, 0.05) is 16.0 Å². The Bertz CT molecular complexity index is 573. The van der Waals surface area contributed by atoms with Crippen LogP contribution in [0.4, 0.5) is 5.95 Å². The summed E-state index contributed by atoms with van der Waals surface area (Å²) in [5, 5.41) is 0.682. The lowest BCUT2D eigenvalue weighted by Crippen LogP contribution is -2.15. The molecule has 0 aliphatic carbocycles. The molecule has 1 aromatic heterocycles. The third-order valence-electron chi connectivity index (χ3n) is 2.63. The Balaban J connectivity index is 2.55. The number of aromatic nitrogens is 2. The van der Waals surface area contributed by atoms with E-state index < -0.39 is 0 Å². The van der Waals surface area contributed by atoms with Crippen molar-refractivity contribution in [1.82, 2.24) is 9.97 Å². The Kier molecular flexibility index (Phi) is 3.26. The number of halogens is 1. The minimum absolute atomic E-state index is 0.0651.